The van der Waals surface area contributed by atoms with Gasteiger partial charge in [-0.15, -0.1) is 15.3 Å². The summed E-state index contributed by atoms with van der Waals surface area (Å²) in [6.45, 7) is 2.22. The Morgan fingerprint density at radius 3 is 2.52 bits per heavy atom. The number of hydrogen-bond donors (Lipinski definition) is 0. The Hall–Kier alpha value is -3.22. The highest BCUT2D eigenvalue weighted by Gasteiger charge is 2.39. The van der Waals surface area contributed by atoms with Gasteiger partial charge in [-0.05, 0) is 44.4 Å². The number of aryl methyl sites for hydroxylation is 1. The zero-order valence-corrected chi connectivity index (χ0v) is 16.2. The standard InChI is InChI=1S/C22H21N5O2/c1-13-11-17(26-29-13)12-28-22-19-15-9-7-14(8-10-15)18(19)21-24-23-20(27(21)25-22)16-5-3-2-4-6-16/h2-6,11,14-15H,7-10,12H2,1H3. The van der Waals surface area contributed by atoms with Crippen LogP contribution in [0.5, 0.6) is 5.88 Å². The van der Waals surface area contributed by atoms with Crippen LogP contribution in [0.1, 0.15) is 60.1 Å². The van der Waals surface area contributed by atoms with E-state index in [0.29, 0.717) is 24.3 Å². The number of benzene rings is 1. The molecule has 7 rings (SSSR count). The Morgan fingerprint density at radius 2 is 1.79 bits per heavy atom. The van der Waals surface area contributed by atoms with Crippen LogP contribution in [0.25, 0.3) is 17.0 Å². The molecule has 0 atom stereocenters. The number of rotatable bonds is 4. The summed E-state index contributed by atoms with van der Waals surface area (Å²) in [5.74, 6) is 3.19. The van der Waals surface area contributed by atoms with E-state index in [4.69, 9.17) is 14.4 Å². The molecule has 1 aromatic carbocycles. The van der Waals surface area contributed by atoms with E-state index >= 15 is 0 Å². The molecular weight excluding hydrogens is 366 g/mol. The van der Waals surface area contributed by atoms with E-state index in [-0.39, 0.29) is 0 Å². The van der Waals surface area contributed by atoms with Crippen LogP contribution in [0.4, 0.5) is 0 Å². The van der Waals surface area contributed by atoms with Gasteiger partial charge in [-0.1, -0.05) is 35.5 Å². The van der Waals surface area contributed by atoms with Crippen LogP contribution in [0.3, 0.4) is 0 Å². The average molecular weight is 387 g/mol. The zero-order chi connectivity index (χ0) is 19.4. The van der Waals surface area contributed by atoms with Gasteiger partial charge in [0.05, 0.1) is 0 Å². The molecule has 2 bridgehead atoms. The molecule has 7 nitrogen and oxygen atoms in total. The Balaban J connectivity index is 1.51. The van der Waals surface area contributed by atoms with E-state index in [2.05, 4.69) is 15.4 Å². The van der Waals surface area contributed by atoms with Gasteiger partial charge in [0.1, 0.15) is 18.1 Å². The molecule has 3 aromatic heterocycles. The zero-order valence-electron chi connectivity index (χ0n) is 16.2. The van der Waals surface area contributed by atoms with Crippen molar-refractivity contribution in [3.63, 3.8) is 0 Å². The monoisotopic (exact) mass is 387 g/mol. The van der Waals surface area contributed by atoms with Gasteiger partial charge >= 0.3 is 0 Å². The minimum absolute atomic E-state index is 0.336. The highest BCUT2D eigenvalue weighted by molar-refractivity contribution is 5.65. The first-order valence-electron chi connectivity index (χ1n) is 10.2. The number of aromatic nitrogens is 5. The van der Waals surface area contributed by atoms with Gasteiger partial charge in [0.15, 0.2) is 11.5 Å². The Kier molecular flexibility index (Phi) is 3.69. The van der Waals surface area contributed by atoms with Gasteiger partial charge in [-0.2, -0.15) is 4.52 Å². The highest BCUT2D eigenvalue weighted by Crippen LogP contribution is 2.53. The van der Waals surface area contributed by atoms with E-state index in [0.717, 1.165) is 28.5 Å². The van der Waals surface area contributed by atoms with Crippen molar-refractivity contribution in [2.24, 2.45) is 0 Å². The molecule has 1 fully saturated rings. The van der Waals surface area contributed by atoms with Crippen molar-refractivity contribution in [1.29, 1.82) is 0 Å². The Bertz CT molecular complexity index is 1190. The topological polar surface area (TPSA) is 78.3 Å². The molecule has 4 aromatic rings. The second-order valence-electron chi connectivity index (χ2n) is 8.02. The summed E-state index contributed by atoms with van der Waals surface area (Å²) in [5, 5.41) is 18.0. The molecular formula is C22H21N5O2. The molecule has 1 saturated carbocycles. The van der Waals surface area contributed by atoms with Crippen LogP contribution in [0, 0.1) is 6.92 Å². The maximum absolute atomic E-state index is 6.21. The summed E-state index contributed by atoms with van der Waals surface area (Å²) in [7, 11) is 0. The van der Waals surface area contributed by atoms with Crippen molar-refractivity contribution >= 4 is 5.65 Å². The third-order valence-electron chi connectivity index (χ3n) is 6.20. The lowest BCUT2D eigenvalue weighted by molar-refractivity contribution is 0.257. The van der Waals surface area contributed by atoms with Gasteiger partial charge in [-0.25, -0.2) is 0 Å². The van der Waals surface area contributed by atoms with E-state index in [1.54, 1.807) is 0 Å². The van der Waals surface area contributed by atoms with Crippen LogP contribution < -0.4 is 4.74 Å². The minimum Gasteiger partial charge on any atom is -0.470 e. The molecule has 7 heteroatoms. The largest absolute Gasteiger partial charge is 0.470 e. The van der Waals surface area contributed by atoms with Gasteiger partial charge in [0.25, 0.3) is 0 Å². The molecule has 3 aliphatic carbocycles. The Labute approximate surface area is 167 Å². The molecule has 146 valence electrons. The fourth-order valence-electron chi connectivity index (χ4n) is 4.89. The van der Waals surface area contributed by atoms with Crippen molar-refractivity contribution in [3.8, 4) is 17.3 Å². The molecule has 0 N–H and O–H groups in total. The van der Waals surface area contributed by atoms with Gasteiger partial charge in [0.2, 0.25) is 5.88 Å². The molecule has 0 aliphatic heterocycles. The SMILES string of the molecule is Cc1cc(COc2nn3c(-c4ccccc4)nnc3c3c2C2CCC3CC2)no1. The van der Waals surface area contributed by atoms with Gasteiger partial charge in [0, 0.05) is 22.8 Å². The summed E-state index contributed by atoms with van der Waals surface area (Å²) < 4.78 is 13.2. The van der Waals surface area contributed by atoms with Crippen LogP contribution in [0.2, 0.25) is 0 Å². The third kappa shape index (κ3) is 2.64. The summed E-state index contributed by atoms with van der Waals surface area (Å²) in [6.07, 6.45) is 4.78. The van der Waals surface area contributed by atoms with Crippen molar-refractivity contribution in [1.82, 2.24) is 25.0 Å². The van der Waals surface area contributed by atoms with Crippen molar-refractivity contribution in [2.45, 2.75) is 51.0 Å². The molecule has 3 heterocycles. The minimum atomic E-state index is 0.336. The first kappa shape index (κ1) is 16.7. The molecule has 29 heavy (non-hydrogen) atoms. The molecule has 0 radical (unpaired) electrons. The van der Waals surface area contributed by atoms with Crippen molar-refractivity contribution < 1.29 is 9.26 Å². The first-order valence-corrected chi connectivity index (χ1v) is 10.2. The summed E-state index contributed by atoms with van der Waals surface area (Å²) in [4.78, 5) is 0. The number of fused-ring (bicyclic) bond motifs is 3. The Morgan fingerprint density at radius 1 is 1.03 bits per heavy atom. The van der Waals surface area contributed by atoms with Crippen LogP contribution >= 0.6 is 0 Å². The molecule has 3 aliphatic rings. The summed E-state index contributed by atoms with van der Waals surface area (Å²) >= 11 is 0. The maximum atomic E-state index is 6.21. The number of ether oxygens (including phenoxy) is 1. The molecule has 0 saturated heterocycles. The lowest BCUT2D eigenvalue weighted by atomic mass is 9.67. The normalized spacial score (nSPS) is 20.2. The predicted molar refractivity (Wildman–Crippen MR) is 106 cm³/mol. The summed E-state index contributed by atoms with van der Waals surface area (Å²) in [5.41, 5.74) is 5.14. The number of nitrogens with zero attached hydrogens (tertiary/aromatic N) is 5. The van der Waals surface area contributed by atoms with Crippen LogP contribution in [-0.2, 0) is 6.61 Å². The predicted octanol–water partition coefficient (Wildman–Crippen LogP) is 4.42. The third-order valence-corrected chi connectivity index (χ3v) is 6.20. The van der Waals surface area contributed by atoms with Gasteiger partial charge < -0.3 is 9.26 Å². The first-order chi connectivity index (χ1) is 14.3. The summed E-state index contributed by atoms with van der Waals surface area (Å²) in [6, 6.07) is 12.0. The van der Waals surface area contributed by atoms with Crippen molar-refractivity contribution in [2.75, 3.05) is 0 Å². The smallest absolute Gasteiger partial charge is 0.236 e. The van der Waals surface area contributed by atoms with Gasteiger partial charge in [-0.3, -0.25) is 0 Å². The van der Waals surface area contributed by atoms with E-state index in [1.807, 2.05) is 47.8 Å². The second-order valence-corrected chi connectivity index (χ2v) is 8.02. The number of hydrogen-bond acceptors (Lipinski definition) is 6. The fraction of sp³-hybridized carbons (Fsp3) is 0.364. The second kappa shape index (κ2) is 6.40. The average Bonchev–Trinajstić information content (AvgIpc) is 3.39. The van der Waals surface area contributed by atoms with E-state index in [1.165, 1.54) is 36.8 Å². The highest BCUT2D eigenvalue weighted by atomic mass is 16.5. The lowest BCUT2D eigenvalue weighted by Gasteiger charge is -2.38. The molecule has 0 spiro atoms. The maximum Gasteiger partial charge on any atom is 0.236 e. The molecule has 0 unspecified atom stereocenters. The van der Waals surface area contributed by atoms with E-state index < -0.39 is 0 Å². The van der Waals surface area contributed by atoms with E-state index in [9.17, 15) is 0 Å². The van der Waals surface area contributed by atoms with Crippen molar-refractivity contribution in [3.05, 3.63) is 59.0 Å². The van der Waals surface area contributed by atoms with Crippen LogP contribution in [-0.4, -0.2) is 25.0 Å². The molecule has 0 amide bonds. The quantitative estimate of drug-likeness (QED) is 0.516. The fourth-order valence-corrected chi connectivity index (χ4v) is 4.89. The van der Waals surface area contributed by atoms with Crippen LogP contribution in [0.15, 0.2) is 40.9 Å². The lowest BCUT2D eigenvalue weighted by Crippen LogP contribution is -2.25.